The number of aryl methyl sites for hydroxylation is 1. The quantitative estimate of drug-likeness (QED) is 0.893. The summed E-state index contributed by atoms with van der Waals surface area (Å²) in [6.45, 7) is 5.52. The fourth-order valence-corrected chi connectivity index (χ4v) is 2.92. The molecule has 1 saturated heterocycles. The Morgan fingerprint density at radius 3 is 2.79 bits per heavy atom. The average Bonchev–Trinajstić information content (AvgIpc) is 2.89. The molecule has 2 atom stereocenters. The van der Waals surface area contributed by atoms with E-state index in [4.69, 9.17) is 0 Å². The van der Waals surface area contributed by atoms with Gasteiger partial charge >= 0.3 is 0 Å². The molecular formula is C16H21N3. The first-order valence-corrected chi connectivity index (χ1v) is 7.08. The van der Waals surface area contributed by atoms with Gasteiger partial charge in [-0.05, 0) is 38.8 Å². The number of benzene rings is 1. The summed E-state index contributed by atoms with van der Waals surface area (Å²) in [6.07, 6.45) is 6.42. The van der Waals surface area contributed by atoms with Crippen molar-refractivity contribution in [1.82, 2.24) is 14.9 Å². The highest BCUT2D eigenvalue weighted by Crippen LogP contribution is 2.28. The molecule has 2 heterocycles. The lowest BCUT2D eigenvalue weighted by Crippen LogP contribution is -2.40. The van der Waals surface area contributed by atoms with Gasteiger partial charge in [-0.2, -0.15) is 0 Å². The van der Waals surface area contributed by atoms with E-state index in [1.165, 1.54) is 29.7 Å². The molecule has 19 heavy (non-hydrogen) atoms. The van der Waals surface area contributed by atoms with E-state index in [1.54, 1.807) is 0 Å². The van der Waals surface area contributed by atoms with Crippen LogP contribution in [0.3, 0.4) is 0 Å². The smallest absolute Gasteiger partial charge is 0.0954 e. The Bertz CT molecular complexity index is 541. The van der Waals surface area contributed by atoms with Crippen molar-refractivity contribution in [2.45, 2.75) is 38.8 Å². The minimum atomic E-state index is 0.507. The van der Waals surface area contributed by atoms with Crippen LogP contribution in [-0.2, 0) is 0 Å². The third kappa shape index (κ3) is 2.43. The SMILES string of the molecule is Cc1ccc(-c2cncn2C2CCCNC2C)cc1. The summed E-state index contributed by atoms with van der Waals surface area (Å²) in [5, 5.41) is 3.56. The zero-order chi connectivity index (χ0) is 13.2. The molecule has 1 aliphatic rings. The molecule has 3 rings (SSSR count). The number of nitrogens with zero attached hydrogens (tertiary/aromatic N) is 2. The van der Waals surface area contributed by atoms with Crippen LogP contribution in [0, 0.1) is 6.92 Å². The van der Waals surface area contributed by atoms with E-state index in [-0.39, 0.29) is 0 Å². The number of piperidine rings is 1. The molecule has 1 aromatic carbocycles. The highest BCUT2D eigenvalue weighted by atomic mass is 15.1. The summed E-state index contributed by atoms with van der Waals surface area (Å²) in [6, 6.07) is 9.71. The van der Waals surface area contributed by atoms with Gasteiger partial charge in [-0.25, -0.2) is 4.98 Å². The molecule has 0 spiro atoms. The Morgan fingerprint density at radius 2 is 2.05 bits per heavy atom. The molecule has 0 aliphatic carbocycles. The van der Waals surface area contributed by atoms with Crippen LogP contribution >= 0.6 is 0 Å². The van der Waals surface area contributed by atoms with E-state index < -0.39 is 0 Å². The van der Waals surface area contributed by atoms with Crippen molar-refractivity contribution in [3.63, 3.8) is 0 Å². The van der Waals surface area contributed by atoms with E-state index in [9.17, 15) is 0 Å². The third-order valence-corrected chi connectivity index (χ3v) is 4.09. The van der Waals surface area contributed by atoms with Crippen LogP contribution < -0.4 is 5.32 Å². The van der Waals surface area contributed by atoms with Crippen molar-refractivity contribution in [3.8, 4) is 11.3 Å². The Balaban J connectivity index is 1.95. The average molecular weight is 255 g/mol. The van der Waals surface area contributed by atoms with Gasteiger partial charge in [-0.15, -0.1) is 0 Å². The lowest BCUT2D eigenvalue weighted by atomic mass is 9.99. The van der Waals surface area contributed by atoms with Crippen molar-refractivity contribution in [3.05, 3.63) is 42.4 Å². The van der Waals surface area contributed by atoms with Crippen LogP contribution in [-0.4, -0.2) is 22.1 Å². The molecule has 1 fully saturated rings. The maximum atomic E-state index is 4.37. The van der Waals surface area contributed by atoms with E-state index in [0.29, 0.717) is 12.1 Å². The summed E-state index contributed by atoms with van der Waals surface area (Å²) in [7, 11) is 0. The largest absolute Gasteiger partial charge is 0.326 e. The Morgan fingerprint density at radius 1 is 1.26 bits per heavy atom. The summed E-state index contributed by atoms with van der Waals surface area (Å²) in [5.74, 6) is 0. The predicted molar refractivity (Wildman–Crippen MR) is 78.1 cm³/mol. The van der Waals surface area contributed by atoms with Crippen molar-refractivity contribution < 1.29 is 0 Å². The molecule has 3 heteroatoms. The highest BCUT2D eigenvalue weighted by molar-refractivity contribution is 5.59. The molecule has 2 unspecified atom stereocenters. The second-order valence-electron chi connectivity index (χ2n) is 5.50. The molecule has 100 valence electrons. The first-order chi connectivity index (χ1) is 9.25. The van der Waals surface area contributed by atoms with Crippen molar-refractivity contribution in [2.75, 3.05) is 6.54 Å². The number of nitrogens with one attached hydrogen (secondary N) is 1. The van der Waals surface area contributed by atoms with Gasteiger partial charge in [0.05, 0.1) is 24.3 Å². The monoisotopic (exact) mass is 255 g/mol. The summed E-state index contributed by atoms with van der Waals surface area (Å²) >= 11 is 0. The normalized spacial score (nSPS) is 23.5. The van der Waals surface area contributed by atoms with Gasteiger partial charge in [-0.1, -0.05) is 29.8 Å². The lowest BCUT2D eigenvalue weighted by molar-refractivity contribution is 0.297. The van der Waals surface area contributed by atoms with Gasteiger partial charge in [0.2, 0.25) is 0 Å². The zero-order valence-corrected chi connectivity index (χ0v) is 11.6. The maximum absolute atomic E-state index is 4.37. The molecule has 0 saturated carbocycles. The van der Waals surface area contributed by atoms with Crippen LogP contribution in [0.25, 0.3) is 11.3 Å². The van der Waals surface area contributed by atoms with Gasteiger partial charge in [0.1, 0.15) is 0 Å². The number of aromatic nitrogens is 2. The molecule has 0 amide bonds. The fourth-order valence-electron chi connectivity index (χ4n) is 2.92. The van der Waals surface area contributed by atoms with Gasteiger partial charge in [0, 0.05) is 6.04 Å². The topological polar surface area (TPSA) is 29.9 Å². The zero-order valence-electron chi connectivity index (χ0n) is 11.6. The first kappa shape index (κ1) is 12.4. The number of imidazole rings is 1. The second kappa shape index (κ2) is 5.17. The molecule has 1 N–H and O–H groups in total. The van der Waals surface area contributed by atoms with Gasteiger partial charge in [0.15, 0.2) is 0 Å². The van der Waals surface area contributed by atoms with Crippen LogP contribution in [0.2, 0.25) is 0 Å². The maximum Gasteiger partial charge on any atom is 0.0954 e. The summed E-state index contributed by atoms with van der Waals surface area (Å²) in [4.78, 5) is 4.37. The molecule has 1 aliphatic heterocycles. The van der Waals surface area contributed by atoms with Crippen molar-refractivity contribution in [1.29, 1.82) is 0 Å². The van der Waals surface area contributed by atoms with Gasteiger partial charge < -0.3 is 9.88 Å². The van der Waals surface area contributed by atoms with Crippen LogP contribution in [0.4, 0.5) is 0 Å². The van der Waals surface area contributed by atoms with Crippen LogP contribution in [0.5, 0.6) is 0 Å². The van der Waals surface area contributed by atoms with E-state index in [1.807, 2.05) is 12.5 Å². The molecule has 1 aromatic heterocycles. The summed E-state index contributed by atoms with van der Waals surface area (Å²) < 4.78 is 2.33. The van der Waals surface area contributed by atoms with E-state index in [0.717, 1.165) is 6.54 Å². The molecule has 3 nitrogen and oxygen atoms in total. The first-order valence-electron chi connectivity index (χ1n) is 7.08. The standard InChI is InChI=1S/C16H21N3/c1-12-5-7-14(8-6-12)16-10-17-11-19(16)15-4-3-9-18-13(15)2/h5-8,10-11,13,15,18H,3-4,9H2,1-2H3. The molecule has 0 radical (unpaired) electrons. The predicted octanol–water partition coefficient (Wildman–Crippen LogP) is 3.17. The van der Waals surface area contributed by atoms with Crippen molar-refractivity contribution in [2.24, 2.45) is 0 Å². The van der Waals surface area contributed by atoms with E-state index in [2.05, 4.69) is 53.0 Å². The molecular weight excluding hydrogens is 234 g/mol. The summed E-state index contributed by atoms with van der Waals surface area (Å²) in [5.41, 5.74) is 3.77. The van der Waals surface area contributed by atoms with Crippen molar-refractivity contribution >= 4 is 0 Å². The third-order valence-electron chi connectivity index (χ3n) is 4.09. The van der Waals surface area contributed by atoms with Gasteiger partial charge in [0.25, 0.3) is 0 Å². The molecule has 2 aromatic rings. The number of hydrogen-bond donors (Lipinski definition) is 1. The highest BCUT2D eigenvalue weighted by Gasteiger charge is 2.24. The van der Waals surface area contributed by atoms with Gasteiger partial charge in [-0.3, -0.25) is 0 Å². The number of hydrogen-bond acceptors (Lipinski definition) is 2. The Hall–Kier alpha value is -1.61. The number of rotatable bonds is 2. The second-order valence-corrected chi connectivity index (χ2v) is 5.50. The Labute approximate surface area is 114 Å². The van der Waals surface area contributed by atoms with E-state index >= 15 is 0 Å². The lowest BCUT2D eigenvalue weighted by Gasteiger charge is -2.32. The minimum Gasteiger partial charge on any atom is -0.326 e. The molecule has 0 bridgehead atoms. The Kier molecular flexibility index (Phi) is 3.38. The van der Waals surface area contributed by atoms with Crippen LogP contribution in [0.15, 0.2) is 36.8 Å². The fraction of sp³-hybridized carbons (Fsp3) is 0.438. The van der Waals surface area contributed by atoms with Crippen LogP contribution in [0.1, 0.15) is 31.4 Å². The minimum absolute atomic E-state index is 0.507.